The monoisotopic (exact) mass is 325 g/mol. The molecule has 24 heavy (non-hydrogen) atoms. The third-order valence-electron chi connectivity index (χ3n) is 5.54. The molecule has 1 unspecified atom stereocenters. The van der Waals surface area contributed by atoms with E-state index in [0.29, 0.717) is 11.8 Å². The number of aromatic amines is 1. The summed E-state index contributed by atoms with van der Waals surface area (Å²) in [6.45, 7) is 3.86. The summed E-state index contributed by atoms with van der Waals surface area (Å²) in [7, 11) is 0. The minimum absolute atomic E-state index is 0.513. The molecule has 0 bridgehead atoms. The van der Waals surface area contributed by atoms with E-state index in [1.807, 2.05) is 6.20 Å². The molecule has 2 saturated heterocycles. The Kier molecular flexibility index (Phi) is 3.52. The fraction of sp³-hybridized carbons (Fsp3) is 0.556. The first-order chi connectivity index (χ1) is 11.9. The molecular weight excluding hydrogens is 302 g/mol. The lowest BCUT2D eigenvalue weighted by Crippen LogP contribution is -2.28. The number of piperidine rings is 1. The summed E-state index contributed by atoms with van der Waals surface area (Å²) < 4.78 is 7.77. The van der Waals surface area contributed by atoms with Crippen molar-refractivity contribution in [1.82, 2.24) is 24.7 Å². The highest BCUT2D eigenvalue weighted by atomic mass is 16.5. The van der Waals surface area contributed by atoms with Crippen LogP contribution < -0.4 is 5.32 Å². The SMILES string of the molecule is c1[nH]c2ncc3nc(C4CCCNC4)cn3c2c1C1CCOCC1. The molecule has 1 atom stereocenters. The lowest BCUT2D eigenvalue weighted by molar-refractivity contribution is 0.0856. The van der Waals surface area contributed by atoms with Crippen molar-refractivity contribution in [3.05, 3.63) is 29.8 Å². The molecule has 0 saturated carbocycles. The fourth-order valence-corrected chi connectivity index (χ4v) is 4.20. The van der Waals surface area contributed by atoms with E-state index in [4.69, 9.17) is 9.72 Å². The van der Waals surface area contributed by atoms with Gasteiger partial charge in [0.25, 0.3) is 0 Å². The molecule has 0 radical (unpaired) electrons. The molecule has 2 N–H and O–H groups in total. The van der Waals surface area contributed by atoms with Crippen LogP contribution in [0, 0.1) is 0 Å². The predicted molar refractivity (Wildman–Crippen MR) is 92.5 cm³/mol. The molecule has 0 spiro atoms. The van der Waals surface area contributed by atoms with Gasteiger partial charge in [-0.1, -0.05) is 0 Å². The number of rotatable bonds is 2. The number of H-pyrrole nitrogens is 1. The Balaban J connectivity index is 1.62. The quantitative estimate of drug-likeness (QED) is 0.760. The standard InChI is InChI=1S/C18H23N5O/c1-2-13(8-19-5-1)15-11-23-16(22-15)10-21-18-17(23)14(9-20-18)12-3-6-24-7-4-12/h9-13,19-20H,1-8H2. The summed E-state index contributed by atoms with van der Waals surface area (Å²) in [5.41, 5.74) is 5.65. The van der Waals surface area contributed by atoms with Gasteiger partial charge < -0.3 is 15.0 Å². The second-order valence-corrected chi connectivity index (χ2v) is 7.02. The van der Waals surface area contributed by atoms with Gasteiger partial charge in [0, 0.05) is 38.1 Å². The highest BCUT2D eigenvalue weighted by Crippen LogP contribution is 2.33. The maximum absolute atomic E-state index is 5.53. The van der Waals surface area contributed by atoms with Gasteiger partial charge in [0.1, 0.15) is 0 Å². The summed E-state index contributed by atoms with van der Waals surface area (Å²) in [5.74, 6) is 1.06. The number of imidazole rings is 1. The third-order valence-corrected chi connectivity index (χ3v) is 5.54. The Hall–Kier alpha value is -1.92. The summed E-state index contributed by atoms with van der Waals surface area (Å²) in [6, 6.07) is 0. The van der Waals surface area contributed by atoms with E-state index < -0.39 is 0 Å². The molecule has 6 heteroatoms. The summed E-state index contributed by atoms with van der Waals surface area (Å²) in [6.07, 6.45) is 10.8. The molecule has 126 valence electrons. The summed E-state index contributed by atoms with van der Waals surface area (Å²) >= 11 is 0. The van der Waals surface area contributed by atoms with Gasteiger partial charge in [0.05, 0.1) is 17.4 Å². The number of fused-ring (bicyclic) bond motifs is 3. The van der Waals surface area contributed by atoms with E-state index in [-0.39, 0.29) is 0 Å². The summed E-state index contributed by atoms with van der Waals surface area (Å²) in [4.78, 5) is 12.8. The second kappa shape index (κ2) is 5.86. The van der Waals surface area contributed by atoms with Crippen molar-refractivity contribution < 1.29 is 4.74 Å². The summed E-state index contributed by atoms with van der Waals surface area (Å²) in [5, 5.41) is 3.49. The van der Waals surface area contributed by atoms with Crippen molar-refractivity contribution in [1.29, 1.82) is 0 Å². The van der Waals surface area contributed by atoms with Gasteiger partial charge >= 0.3 is 0 Å². The van der Waals surface area contributed by atoms with E-state index >= 15 is 0 Å². The normalized spacial score (nSPS) is 23.2. The van der Waals surface area contributed by atoms with Crippen LogP contribution in [0.2, 0.25) is 0 Å². The zero-order valence-corrected chi connectivity index (χ0v) is 13.8. The number of aromatic nitrogens is 4. The van der Waals surface area contributed by atoms with E-state index in [0.717, 1.165) is 50.4 Å². The smallest absolute Gasteiger partial charge is 0.156 e. The Bertz CT molecular complexity index is 855. The molecule has 2 fully saturated rings. The number of nitrogens with zero attached hydrogens (tertiary/aromatic N) is 3. The van der Waals surface area contributed by atoms with Gasteiger partial charge in [-0.25, -0.2) is 9.97 Å². The van der Waals surface area contributed by atoms with Crippen molar-refractivity contribution in [2.24, 2.45) is 0 Å². The molecule has 2 aliphatic heterocycles. The van der Waals surface area contributed by atoms with E-state index in [1.54, 1.807) is 0 Å². The van der Waals surface area contributed by atoms with Crippen LogP contribution in [0.3, 0.4) is 0 Å². The van der Waals surface area contributed by atoms with Crippen LogP contribution in [0.15, 0.2) is 18.6 Å². The first-order valence-electron chi connectivity index (χ1n) is 9.03. The average Bonchev–Trinajstić information content (AvgIpc) is 3.27. The molecule has 3 aromatic heterocycles. The molecule has 5 heterocycles. The van der Waals surface area contributed by atoms with Gasteiger partial charge in [-0.15, -0.1) is 0 Å². The van der Waals surface area contributed by atoms with Crippen LogP contribution >= 0.6 is 0 Å². The largest absolute Gasteiger partial charge is 0.381 e. The third kappa shape index (κ3) is 2.32. The van der Waals surface area contributed by atoms with Crippen molar-refractivity contribution in [3.63, 3.8) is 0 Å². The highest BCUT2D eigenvalue weighted by Gasteiger charge is 2.23. The Morgan fingerprint density at radius 3 is 2.92 bits per heavy atom. The maximum Gasteiger partial charge on any atom is 0.156 e. The Labute approximate surface area is 140 Å². The minimum atomic E-state index is 0.513. The number of nitrogens with one attached hydrogen (secondary N) is 2. The lowest BCUT2D eigenvalue weighted by Gasteiger charge is -2.21. The molecule has 6 nitrogen and oxygen atoms in total. The zero-order chi connectivity index (χ0) is 15.9. The Morgan fingerprint density at radius 1 is 1.17 bits per heavy atom. The molecule has 3 aromatic rings. The molecule has 0 aliphatic carbocycles. The topological polar surface area (TPSA) is 67.2 Å². The molecule has 0 amide bonds. The number of ether oxygens (including phenoxy) is 1. The van der Waals surface area contributed by atoms with Crippen LogP contribution in [0.25, 0.3) is 16.8 Å². The minimum Gasteiger partial charge on any atom is -0.381 e. The number of hydrogen-bond donors (Lipinski definition) is 2. The van der Waals surface area contributed by atoms with E-state index in [2.05, 4.69) is 32.1 Å². The van der Waals surface area contributed by atoms with Crippen molar-refractivity contribution >= 4 is 16.8 Å². The van der Waals surface area contributed by atoms with Crippen LogP contribution in [0.4, 0.5) is 0 Å². The van der Waals surface area contributed by atoms with Crippen LogP contribution in [-0.4, -0.2) is 45.7 Å². The molecular formula is C18H23N5O. The zero-order valence-electron chi connectivity index (χ0n) is 13.8. The first kappa shape index (κ1) is 14.4. The van der Waals surface area contributed by atoms with Gasteiger partial charge in [0.15, 0.2) is 11.3 Å². The maximum atomic E-state index is 5.53. The molecule has 2 aliphatic rings. The second-order valence-electron chi connectivity index (χ2n) is 7.02. The van der Waals surface area contributed by atoms with Crippen LogP contribution in [-0.2, 0) is 4.74 Å². The van der Waals surface area contributed by atoms with Crippen molar-refractivity contribution in [3.8, 4) is 0 Å². The van der Waals surface area contributed by atoms with Gasteiger partial charge in [0.2, 0.25) is 0 Å². The van der Waals surface area contributed by atoms with Crippen molar-refractivity contribution in [2.45, 2.75) is 37.5 Å². The number of hydrogen-bond acceptors (Lipinski definition) is 4. The van der Waals surface area contributed by atoms with Gasteiger partial charge in [-0.3, -0.25) is 4.40 Å². The average molecular weight is 325 g/mol. The van der Waals surface area contributed by atoms with Gasteiger partial charge in [-0.2, -0.15) is 0 Å². The first-order valence-corrected chi connectivity index (χ1v) is 9.03. The predicted octanol–water partition coefficient (Wildman–Crippen LogP) is 2.57. The van der Waals surface area contributed by atoms with Crippen LogP contribution in [0.1, 0.15) is 48.8 Å². The molecule has 5 rings (SSSR count). The van der Waals surface area contributed by atoms with E-state index in [1.165, 1.54) is 29.6 Å². The van der Waals surface area contributed by atoms with Crippen molar-refractivity contribution in [2.75, 3.05) is 26.3 Å². The Morgan fingerprint density at radius 2 is 2.08 bits per heavy atom. The lowest BCUT2D eigenvalue weighted by atomic mass is 9.93. The van der Waals surface area contributed by atoms with E-state index in [9.17, 15) is 0 Å². The molecule has 0 aromatic carbocycles. The highest BCUT2D eigenvalue weighted by molar-refractivity contribution is 5.79. The fourth-order valence-electron chi connectivity index (χ4n) is 4.20. The van der Waals surface area contributed by atoms with Gasteiger partial charge in [-0.05, 0) is 43.7 Å². The van der Waals surface area contributed by atoms with Crippen LogP contribution in [0.5, 0.6) is 0 Å².